The second kappa shape index (κ2) is 3.94. The minimum atomic E-state index is 0.510. The normalized spacial score (nSPS) is 26.0. The number of rotatable bonds is 4. The lowest BCUT2D eigenvalue weighted by molar-refractivity contribution is 0.193. The quantitative estimate of drug-likeness (QED) is 0.779. The molecule has 3 rings (SSSR count). The molecule has 1 aromatic rings. The highest BCUT2D eigenvalue weighted by Crippen LogP contribution is 2.24. The Morgan fingerprint density at radius 3 is 3.13 bits per heavy atom. The number of aromatic nitrogens is 2. The molecule has 4 heteroatoms. The van der Waals surface area contributed by atoms with Gasteiger partial charge in [-0.25, -0.2) is 0 Å². The minimum Gasteiger partial charge on any atom is -0.381 e. The summed E-state index contributed by atoms with van der Waals surface area (Å²) in [5, 5.41) is 10.9. The second-order valence-electron chi connectivity index (χ2n) is 4.53. The maximum absolute atomic E-state index is 5.36. The van der Waals surface area contributed by atoms with Gasteiger partial charge in [0.1, 0.15) is 0 Å². The summed E-state index contributed by atoms with van der Waals surface area (Å²) >= 11 is 0. The van der Waals surface area contributed by atoms with Crippen molar-refractivity contribution in [1.82, 2.24) is 15.5 Å². The van der Waals surface area contributed by atoms with Crippen LogP contribution in [-0.4, -0.2) is 29.5 Å². The van der Waals surface area contributed by atoms with Crippen LogP contribution in [0.2, 0.25) is 0 Å². The third-order valence-electron chi connectivity index (χ3n) is 3.16. The number of nitrogens with zero attached hydrogens (tertiary/aromatic N) is 1. The van der Waals surface area contributed by atoms with Gasteiger partial charge >= 0.3 is 0 Å². The van der Waals surface area contributed by atoms with Crippen molar-refractivity contribution in [3.05, 3.63) is 17.5 Å². The average Bonchev–Trinajstić information content (AvgIpc) is 2.78. The van der Waals surface area contributed by atoms with Gasteiger partial charge in [-0.05, 0) is 25.3 Å². The Hall–Kier alpha value is -0.870. The summed E-state index contributed by atoms with van der Waals surface area (Å²) in [5.74, 6) is 0.510. The number of hydrogen-bond donors (Lipinski definition) is 2. The highest BCUT2D eigenvalue weighted by Gasteiger charge is 2.22. The largest absolute Gasteiger partial charge is 0.381 e. The minimum absolute atomic E-state index is 0.510. The lowest BCUT2D eigenvalue weighted by atomic mass is 10.1. The second-order valence-corrected chi connectivity index (χ2v) is 4.53. The molecule has 15 heavy (non-hydrogen) atoms. The molecular weight excluding hydrogens is 190 g/mol. The number of H-pyrrole nitrogens is 1. The van der Waals surface area contributed by atoms with Crippen molar-refractivity contribution in [3.8, 4) is 0 Å². The molecule has 2 aliphatic rings. The lowest BCUT2D eigenvalue weighted by Crippen LogP contribution is -2.15. The molecule has 0 aromatic carbocycles. The maximum Gasteiger partial charge on any atom is 0.0680 e. The zero-order valence-corrected chi connectivity index (χ0v) is 8.83. The van der Waals surface area contributed by atoms with Crippen molar-refractivity contribution in [3.63, 3.8) is 0 Å². The van der Waals surface area contributed by atoms with E-state index < -0.39 is 0 Å². The number of hydrogen-bond acceptors (Lipinski definition) is 3. The van der Waals surface area contributed by atoms with E-state index in [0.717, 1.165) is 32.2 Å². The van der Waals surface area contributed by atoms with E-state index in [0.29, 0.717) is 5.92 Å². The molecule has 1 aliphatic heterocycles. The van der Waals surface area contributed by atoms with Crippen molar-refractivity contribution in [2.75, 3.05) is 13.2 Å². The molecule has 0 bridgehead atoms. The molecule has 82 valence electrons. The van der Waals surface area contributed by atoms with Crippen LogP contribution in [0.25, 0.3) is 0 Å². The summed E-state index contributed by atoms with van der Waals surface area (Å²) in [6.07, 6.45) is 3.77. The van der Waals surface area contributed by atoms with Crippen LogP contribution in [0.5, 0.6) is 0 Å². The van der Waals surface area contributed by atoms with Gasteiger partial charge in [0.15, 0.2) is 0 Å². The molecule has 2 fully saturated rings. The van der Waals surface area contributed by atoms with Gasteiger partial charge in [-0.15, -0.1) is 0 Å². The summed E-state index contributed by atoms with van der Waals surface area (Å²) < 4.78 is 5.36. The van der Waals surface area contributed by atoms with Crippen molar-refractivity contribution in [2.45, 2.75) is 37.8 Å². The Morgan fingerprint density at radius 2 is 2.40 bits per heavy atom. The van der Waals surface area contributed by atoms with Crippen LogP contribution < -0.4 is 5.32 Å². The van der Waals surface area contributed by atoms with Gasteiger partial charge < -0.3 is 10.1 Å². The highest BCUT2D eigenvalue weighted by atomic mass is 16.5. The average molecular weight is 207 g/mol. The third kappa shape index (κ3) is 2.21. The van der Waals surface area contributed by atoms with Crippen LogP contribution in [-0.2, 0) is 11.3 Å². The van der Waals surface area contributed by atoms with Gasteiger partial charge in [-0.2, -0.15) is 5.10 Å². The molecular formula is C11H17N3O. The summed E-state index contributed by atoms with van der Waals surface area (Å²) in [6.45, 7) is 2.64. The summed E-state index contributed by atoms with van der Waals surface area (Å²) in [5.41, 5.74) is 2.36. The fourth-order valence-electron chi connectivity index (χ4n) is 1.99. The van der Waals surface area contributed by atoms with Gasteiger partial charge in [0.05, 0.1) is 12.3 Å². The zero-order valence-electron chi connectivity index (χ0n) is 8.83. The Bertz CT molecular complexity index is 326. The van der Waals surface area contributed by atoms with Crippen LogP contribution in [0.15, 0.2) is 6.07 Å². The fourth-order valence-corrected chi connectivity index (χ4v) is 1.99. The SMILES string of the molecule is c1c(C2CCOC2)n[nH]c1CNC1CC1. The first-order chi connectivity index (χ1) is 7.42. The summed E-state index contributed by atoms with van der Waals surface area (Å²) in [6, 6.07) is 2.93. The maximum atomic E-state index is 5.36. The Balaban J connectivity index is 1.59. The summed E-state index contributed by atoms with van der Waals surface area (Å²) in [7, 11) is 0. The van der Waals surface area contributed by atoms with Gasteiger partial charge in [0, 0.05) is 30.8 Å². The number of nitrogens with one attached hydrogen (secondary N) is 2. The van der Waals surface area contributed by atoms with E-state index in [9.17, 15) is 0 Å². The van der Waals surface area contributed by atoms with E-state index in [1.54, 1.807) is 0 Å². The monoisotopic (exact) mass is 207 g/mol. The molecule has 1 aliphatic carbocycles. The summed E-state index contributed by atoms with van der Waals surface area (Å²) in [4.78, 5) is 0. The smallest absolute Gasteiger partial charge is 0.0680 e. The standard InChI is InChI=1S/C11H17N3O/c1-2-9(1)12-6-10-5-11(14-13-10)8-3-4-15-7-8/h5,8-9,12H,1-4,6-7H2,(H,13,14). The van der Waals surface area contributed by atoms with Crippen LogP contribution >= 0.6 is 0 Å². The molecule has 1 aromatic heterocycles. The van der Waals surface area contributed by atoms with E-state index in [1.165, 1.54) is 24.2 Å². The van der Waals surface area contributed by atoms with Crippen LogP contribution in [0.4, 0.5) is 0 Å². The van der Waals surface area contributed by atoms with Crippen molar-refractivity contribution in [1.29, 1.82) is 0 Å². The number of ether oxygens (including phenoxy) is 1. The molecule has 2 N–H and O–H groups in total. The van der Waals surface area contributed by atoms with Crippen molar-refractivity contribution < 1.29 is 4.74 Å². The van der Waals surface area contributed by atoms with E-state index in [4.69, 9.17) is 4.74 Å². The predicted octanol–water partition coefficient (Wildman–Crippen LogP) is 1.17. The van der Waals surface area contributed by atoms with Gasteiger partial charge in [0.2, 0.25) is 0 Å². The fraction of sp³-hybridized carbons (Fsp3) is 0.727. The van der Waals surface area contributed by atoms with Crippen LogP contribution in [0.1, 0.15) is 36.6 Å². The van der Waals surface area contributed by atoms with Crippen LogP contribution in [0, 0.1) is 0 Å². The van der Waals surface area contributed by atoms with Gasteiger partial charge in [0.25, 0.3) is 0 Å². The molecule has 1 saturated heterocycles. The first-order valence-corrected chi connectivity index (χ1v) is 5.77. The van der Waals surface area contributed by atoms with Gasteiger partial charge in [-0.3, -0.25) is 5.10 Å². The Morgan fingerprint density at radius 1 is 1.47 bits per heavy atom. The first-order valence-electron chi connectivity index (χ1n) is 5.77. The van der Waals surface area contributed by atoms with E-state index in [2.05, 4.69) is 21.6 Å². The predicted molar refractivity (Wildman–Crippen MR) is 56.6 cm³/mol. The molecule has 0 radical (unpaired) electrons. The molecule has 2 heterocycles. The van der Waals surface area contributed by atoms with Gasteiger partial charge in [-0.1, -0.05) is 0 Å². The van der Waals surface area contributed by atoms with E-state index >= 15 is 0 Å². The zero-order chi connectivity index (χ0) is 10.1. The van der Waals surface area contributed by atoms with E-state index in [1.807, 2.05) is 0 Å². The molecule has 0 spiro atoms. The molecule has 1 saturated carbocycles. The first kappa shape index (κ1) is 9.36. The van der Waals surface area contributed by atoms with Crippen LogP contribution in [0.3, 0.4) is 0 Å². The molecule has 1 unspecified atom stereocenters. The van der Waals surface area contributed by atoms with Crippen molar-refractivity contribution in [2.24, 2.45) is 0 Å². The Kier molecular flexibility index (Phi) is 2.46. The van der Waals surface area contributed by atoms with Crippen molar-refractivity contribution >= 4 is 0 Å². The molecule has 0 amide bonds. The molecule has 1 atom stereocenters. The molecule has 4 nitrogen and oxygen atoms in total. The van der Waals surface area contributed by atoms with E-state index in [-0.39, 0.29) is 0 Å². The topological polar surface area (TPSA) is 49.9 Å². The number of aromatic amines is 1. The third-order valence-corrected chi connectivity index (χ3v) is 3.16. The lowest BCUT2D eigenvalue weighted by Gasteiger charge is -2.00. The highest BCUT2D eigenvalue weighted by molar-refractivity contribution is 5.14. The Labute approximate surface area is 89.4 Å².